The van der Waals surface area contributed by atoms with Crippen molar-refractivity contribution in [2.24, 2.45) is 0 Å². The van der Waals surface area contributed by atoms with Gasteiger partial charge in [-0.15, -0.1) is 0 Å². The lowest BCUT2D eigenvalue weighted by molar-refractivity contribution is -0.123. The number of nitrogens with one attached hydrogen (secondary N) is 1. The monoisotopic (exact) mass is 320 g/mol. The average molecular weight is 320 g/mol. The molecule has 128 valence electrons. The van der Waals surface area contributed by atoms with Crippen molar-refractivity contribution in [1.82, 2.24) is 10.2 Å². The Morgan fingerprint density at radius 1 is 1.13 bits per heavy atom. The van der Waals surface area contributed by atoms with Crippen LogP contribution >= 0.6 is 0 Å². The number of carbonyl (C=O) groups is 2. The molecule has 5 heteroatoms. The summed E-state index contributed by atoms with van der Waals surface area (Å²) in [4.78, 5) is 26.0. The third-order valence-corrected chi connectivity index (χ3v) is 3.09. The maximum absolute atomic E-state index is 12.5. The second-order valence-corrected chi connectivity index (χ2v) is 6.49. The van der Waals surface area contributed by atoms with E-state index in [1.54, 1.807) is 24.3 Å². The first-order valence-corrected chi connectivity index (χ1v) is 8.10. The van der Waals surface area contributed by atoms with Gasteiger partial charge in [0.25, 0.3) is 5.91 Å². The van der Waals surface area contributed by atoms with E-state index in [4.69, 9.17) is 4.74 Å². The Morgan fingerprint density at radius 3 is 2.22 bits per heavy atom. The summed E-state index contributed by atoms with van der Waals surface area (Å²) in [5.41, 5.74) is 0.247. The Kier molecular flexibility index (Phi) is 7.07. The van der Waals surface area contributed by atoms with E-state index in [1.165, 1.54) is 4.90 Å². The van der Waals surface area contributed by atoms with Crippen LogP contribution in [0.25, 0.3) is 0 Å². The lowest BCUT2D eigenvalue weighted by atomic mass is 10.1. The first kappa shape index (κ1) is 19.0. The summed E-state index contributed by atoms with van der Waals surface area (Å²) in [6.07, 6.45) is 0.938. The zero-order valence-corrected chi connectivity index (χ0v) is 14.8. The molecule has 0 aliphatic carbocycles. The van der Waals surface area contributed by atoms with Crippen molar-refractivity contribution in [3.63, 3.8) is 0 Å². The Bertz CT molecular complexity index is 518. The van der Waals surface area contributed by atoms with Gasteiger partial charge < -0.3 is 15.0 Å². The highest BCUT2D eigenvalue weighted by atomic mass is 16.5. The molecule has 1 aromatic carbocycles. The number of rotatable bonds is 7. The van der Waals surface area contributed by atoms with Crippen molar-refractivity contribution in [2.45, 2.75) is 46.6 Å². The van der Waals surface area contributed by atoms with E-state index in [1.807, 2.05) is 34.6 Å². The van der Waals surface area contributed by atoms with Gasteiger partial charge in [0.1, 0.15) is 5.75 Å². The Labute approximate surface area is 139 Å². The second kappa shape index (κ2) is 8.56. The highest BCUT2D eigenvalue weighted by Gasteiger charge is 2.20. The number of nitrogens with zero attached hydrogens (tertiary/aromatic N) is 1. The van der Waals surface area contributed by atoms with Gasteiger partial charge in [-0.3, -0.25) is 9.59 Å². The van der Waals surface area contributed by atoms with Crippen LogP contribution in [0.5, 0.6) is 5.75 Å². The van der Waals surface area contributed by atoms with Crippen LogP contribution in [0.1, 0.15) is 51.4 Å². The van der Waals surface area contributed by atoms with Crippen molar-refractivity contribution in [3.8, 4) is 5.75 Å². The van der Waals surface area contributed by atoms with Crippen molar-refractivity contribution in [1.29, 1.82) is 0 Å². The molecule has 2 amide bonds. The summed E-state index contributed by atoms with van der Waals surface area (Å²) < 4.78 is 5.51. The fourth-order valence-corrected chi connectivity index (χ4v) is 2.05. The van der Waals surface area contributed by atoms with E-state index in [0.717, 1.165) is 12.2 Å². The van der Waals surface area contributed by atoms with Gasteiger partial charge in [-0.25, -0.2) is 0 Å². The standard InChI is InChI=1S/C18H28N2O3/c1-6-12-23-15-10-8-14(9-11-15)17(22)20(7-2)13-16(21)19-18(3,4)5/h8-11H,6-7,12-13H2,1-5H3,(H,19,21). The van der Waals surface area contributed by atoms with Crippen LogP contribution in [-0.2, 0) is 4.79 Å². The molecule has 0 fully saturated rings. The summed E-state index contributed by atoms with van der Waals surface area (Å²) >= 11 is 0. The minimum Gasteiger partial charge on any atom is -0.494 e. The normalized spacial score (nSPS) is 11.0. The second-order valence-electron chi connectivity index (χ2n) is 6.49. The van der Waals surface area contributed by atoms with Crippen LogP contribution in [-0.4, -0.2) is 41.9 Å². The first-order chi connectivity index (χ1) is 10.8. The van der Waals surface area contributed by atoms with Crippen molar-refractivity contribution < 1.29 is 14.3 Å². The predicted octanol–water partition coefficient (Wildman–Crippen LogP) is 2.85. The molecule has 0 saturated heterocycles. The van der Waals surface area contributed by atoms with Gasteiger partial charge >= 0.3 is 0 Å². The smallest absolute Gasteiger partial charge is 0.254 e. The van der Waals surface area contributed by atoms with Crippen LogP contribution in [0.3, 0.4) is 0 Å². The van der Waals surface area contributed by atoms with Crippen LogP contribution in [0.2, 0.25) is 0 Å². The van der Waals surface area contributed by atoms with Gasteiger partial charge in [0.15, 0.2) is 0 Å². The van der Waals surface area contributed by atoms with Gasteiger partial charge in [-0.05, 0) is 58.4 Å². The van der Waals surface area contributed by atoms with Gasteiger partial charge in [0.2, 0.25) is 5.91 Å². The number of likely N-dealkylation sites (N-methyl/N-ethyl adjacent to an activating group) is 1. The summed E-state index contributed by atoms with van der Waals surface area (Å²) in [5, 5.41) is 2.87. The fraction of sp³-hybridized carbons (Fsp3) is 0.556. The molecule has 0 spiro atoms. The molecular weight excluding hydrogens is 292 g/mol. The molecule has 0 aromatic heterocycles. The number of ether oxygens (including phenoxy) is 1. The van der Waals surface area contributed by atoms with Crippen LogP contribution in [0.4, 0.5) is 0 Å². The average Bonchev–Trinajstić information content (AvgIpc) is 2.48. The maximum Gasteiger partial charge on any atom is 0.254 e. The van der Waals surface area contributed by atoms with E-state index in [9.17, 15) is 9.59 Å². The van der Waals surface area contributed by atoms with Gasteiger partial charge in [0, 0.05) is 17.6 Å². The van der Waals surface area contributed by atoms with Crippen molar-refractivity contribution >= 4 is 11.8 Å². The van der Waals surface area contributed by atoms with E-state index in [-0.39, 0.29) is 23.9 Å². The highest BCUT2D eigenvalue weighted by Crippen LogP contribution is 2.14. The quantitative estimate of drug-likeness (QED) is 0.840. The number of hydrogen-bond acceptors (Lipinski definition) is 3. The van der Waals surface area contributed by atoms with E-state index < -0.39 is 0 Å². The molecule has 0 bridgehead atoms. The molecule has 0 aliphatic rings. The largest absolute Gasteiger partial charge is 0.494 e. The Hall–Kier alpha value is -2.04. The lowest BCUT2D eigenvalue weighted by Crippen LogP contribution is -2.47. The molecule has 0 atom stereocenters. The van der Waals surface area contributed by atoms with Crippen LogP contribution in [0, 0.1) is 0 Å². The topological polar surface area (TPSA) is 58.6 Å². The Morgan fingerprint density at radius 2 is 1.74 bits per heavy atom. The molecule has 1 N–H and O–H groups in total. The molecule has 5 nitrogen and oxygen atoms in total. The number of amides is 2. The van der Waals surface area contributed by atoms with Crippen molar-refractivity contribution in [2.75, 3.05) is 19.7 Å². The molecule has 0 unspecified atom stereocenters. The molecule has 0 saturated carbocycles. The number of carbonyl (C=O) groups excluding carboxylic acids is 2. The summed E-state index contributed by atoms with van der Waals surface area (Å²) in [6.45, 7) is 10.8. The van der Waals surface area contributed by atoms with E-state index >= 15 is 0 Å². The molecule has 1 rings (SSSR count). The van der Waals surface area contributed by atoms with Gasteiger partial charge in [-0.2, -0.15) is 0 Å². The van der Waals surface area contributed by atoms with Gasteiger partial charge in [-0.1, -0.05) is 6.92 Å². The molecule has 0 aliphatic heterocycles. The van der Waals surface area contributed by atoms with E-state index in [2.05, 4.69) is 5.32 Å². The molecular formula is C18H28N2O3. The third kappa shape index (κ3) is 6.72. The first-order valence-electron chi connectivity index (χ1n) is 8.10. The van der Waals surface area contributed by atoms with E-state index in [0.29, 0.717) is 18.7 Å². The third-order valence-electron chi connectivity index (χ3n) is 3.09. The molecule has 23 heavy (non-hydrogen) atoms. The summed E-state index contributed by atoms with van der Waals surface area (Å²) in [6, 6.07) is 7.03. The Balaban J connectivity index is 2.70. The molecule has 0 radical (unpaired) electrons. The fourth-order valence-electron chi connectivity index (χ4n) is 2.05. The maximum atomic E-state index is 12.5. The zero-order chi connectivity index (χ0) is 17.5. The molecule has 1 aromatic rings. The van der Waals surface area contributed by atoms with Gasteiger partial charge in [0.05, 0.1) is 13.2 Å². The predicted molar refractivity (Wildman–Crippen MR) is 91.7 cm³/mol. The minimum absolute atomic E-state index is 0.0562. The minimum atomic E-state index is -0.308. The lowest BCUT2D eigenvalue weighted by Gasteiger charge is -2.25. The van der Waals surface area contributed by atoms with Crippen LogP contribution in [0.15, 0.2) is 24.3 Å². The van der Waals surface area contributed by atoms with Crippen LogP contribution < -0.4 is 10.1 Å². The highest BCUT2D eigenvalue weighted by molar-refractivity contribution is 5.96. The van der Waals surface area contributed by atoms with Crippen molar-refractivity contribution in [3.05, 3.63) is 29.8 Å². The SMILES string of the molecule is CCCOc1ccc(C(=O)N(CC)CC(=O)NC(C)(C)C)cc1. The molecule has 0 heterocycles. The number of hydrogen-bond donors (Lipinski definition) is 1. The zero-order valence-electron chi connectivity index (χ0n) is 14.8. The number of benzene rings is 1. The summed E-state index contributed by atoms with van der Waals surface area (Å²) in [7, 11) is 0. The summed E-state index contributed by atoms with van der Waals surface area (Å²) in [5.74, 6) is 0.436.